The van der Waals surface area contributed by atoms with Gasteiger partial charge in [-0.25, -0.2) is 0 Å². The third-order valence-corrected chi connectivity index (χ3v) is 1.53. The minimum Gasteiger partial charge on any atom is -0.367 e. The molecule has 0 aliphatic carbocycles. The van der Waals surface area contributed by atoms with Crippen molar-refractivity contribution in [3.63, 3.8) is 0 Å². The molecule has 0 saturated heterocycles. The Morgan fingerprint density at radius 1 is 1.88 bits per heavy atom. The SMILES string of the molecule is CSc1cnoc1N. The van der Waals surface area contributed by atoms with Gasteiger partial charge in [0.2, 0.25) is 5.88 Å². The molecular formula is C4H6N2OS. The molecular weight excluding hydrogens is 124 g/mol. The third-order valence-electron chi connectivity index (χ3n) is 0.784. The first kappa shape index (κ1) is 5.50. The van der Waals surface area contributed by atoms with Crippen molar-refractivity contribution in [3.05, 3.63) is 6.20 Å². The average molecular weight is 130 g/mol. The van der Waals surface area contributed by atoms with Gasteiger partial charge in [-0.1, -0.05) is 5.16 Å². The summed E-state index contributed by atoms with van der Waals surface area (Å²) in [5.74, 6) is 0.400. The van der Waals surface area contributed by atoms with E-state index in [9.17, 15) is 0 Å². The summed E-state index contributed by atoms with van der Waals surface area (Å²) in [5, 5.41) is 3.47. The molecule has 0 fully saturated rings. The zero-order valence-electron chi connectivity index (χ0n) is 4.42. The van der Waals surface area contributed by atoms with E-state index in [2.05, 4.69) is 9.68 Å². The molecule has 1 aromatic rings. The number of nitrogens with two attached hydrogens (primary N) is 1. The van der Waals surface area contributed by atoms with Crippen LogP contribution in [0.1, 0.15) is 0 Å². The van der Waals surface area contributed by atoms with Crippen molar-refractivity contribution in [2.75, 3.05) is 12.0 Å². The summed E-state index contributed by atoms with van der Waals surface area (Å²) in [5.41, 5.74) is 5.30. The van der Waals surface area contributed by atoms with Crippen molar-refractivity contribution >= 4 is 17.6 Å². The quantitative estimate of drug-likeness (QED) is 0.576. The van der Waals surface area contributed by atoms with Crippen LogP contribution in [0.25, 0.3) is 0 Å². The van der Waals surface area contributed by atoms with Gasteiger partial charge in [0.25, 0.3) is 0 Å². The molecule has 2 N–H and O–H groups in total. The Hall–Kier alpha value is -0.640. The Bertz CT molecular complexity index is 174. The number of hydrogen-bond acceptors (Lipinski definition) is 4. The number of hydrogen-bond donors (Lipinski definition) is 1. The van der Waals surface area contributed by atoms with Gasteiger partial charge in [0.05, 0.1) is 11.1 Å². The number of anilines is 1. The van der Waals surface area contributed by atoms with E-state index in [1.54, 1.807) is 6.20 Å². The molecule has 1 rings (SSSR count). The number of nitrogens with zero attached hydrogens (tertiary/aromatic N) is 1. The maximum Gasteiger partial charge on any atom is 0.235 e. The van der Waals surface area contributed by atoms with Gasteiger partial charge in [0, 0.05) is 0 Å². The van der Waals surface area contributed by atoms with E-state index in [1.165, 1.54) is 11.8 Å². The van der Waals surface area contributed by atoms with Crippen LogP contribution in [-0.4, -0.2) is 11.4 Å². The lowest BCUT2D eigenvalue weighted by Gasteiger charge is -1.83. The summed E-state index contributed by atoms with van der Waals surface area (Å²) in [4.78, 5) is 0.894. The molecule has 1 heterocycles. The first-order valence-electron chi connectivity index (χ1n) is 2.08. The second-order valence-corrected chi connectivity index (χ2v) is 2.11. The van der Waals surface area contributed by atoms with Gasteiger partial charge in [0.1, 0.15) is 0 Å². The molecule has 44 valence electrons. The first-order chi connectivity index (χ1) is 3.84. The van der Waals surface area contributed by atoms with Crippen LogP contribution in [0.5, 0.6) is 0 Å². The van der Waals surface area contributed by atoms with Crippen molar-refractivity contribution in [2.45, 2.75) is 4.90 Å². The highest BCUT2D eigenvalue weighted by atomic mass is 32.2. The van der Waals surface area contributed by atoms with Gasteiger partial charge in [-0.15, -0.1) is 11.8 Å². The van der Waals surface area contributed by atoms with Crippen molar-refractivity contribution in [2.24, 2.45) is 0 Å². The zero-order valence-corrected chi connectivity index (χ0v) is 5.23. The van der Waals surface area contributed by atoms with E-state index in [-0.39, 0.29) is 0 Å². The van der Waals surface area contributed by atoms with Crippen LogP contribution < -0.4 is 5.73 Å². The fourth-order valence-corrected chi connectivity index (χ4v) is 0.780. The zero-order chi connectivity index (χ0) is 5.98. The highest BCUT2D eigenvalue weighted by Gasteiger charge is 1.98. The lowest BCUT2D eigenvalue weighted by molar-refractivity contribution is 0.435. The van der Waals surface area contributed by atoms with E-state index >= 15 is 0 Å². The van der Waals surface area contributed by atoms with Gasteiger partial charge in [-0.05, 0) is 6.26 Å². The van der Waals surface area contributed by atoms with E-state index in [0.29, 0.717) is 5.88 Å². The number of rotatable bonds is 1. The van der Waals surface area contributed by atoms with Crippen molar-refractivity contribution in [3.8, 4) is 0 Å². The van der Waals surface area contributed by atoms with E-state index in [4.69, 9.17) is 5.73 Å². The normalized spacial score (nSPS) is 9.62. The summed E-state index contributed by atoms with van der Waals surface area (Å²) in [6.45, 7) is 0. The Kier molecular flexibility index (Phi) is 1.43. The Morgan fingerprint density at radius 2 is 2.62 bits per heavy atom. The second kappa shape index (κ2) is 2.09. The highest BCUT2D eigenvalue weighted by molar-refractivity contribution is 7.98. The van der Waals surface area contributed by atoms with Gasteiger partial charge >= 0.3 is 0 Å². The Morgan fingerprint density at radius 3 is 2.88 bits per heavy atom. The monoisotopic (exact) mass is 130 g/mol. The van der Waals surface area contributed by atoms with Crippen LogP contribution in [-0.2, 0) is 0 Å². The maximum absolute atomic E-state index is 5.30. The minimum atomic E-state index is 0.400. The summed E-state index contributed by atoms with van der Waals surface area (Å²) in [7, 11) is 0. The molecule has 0 aromatic carbocycles. The molecule has 8 heavy (non-hydrogen) atoms. The second-order valence-electron chi connectivity index (χ2n) is 1.26. The Labute approximate surface area is 51.2 Å². The number of nitrogen functional groups attached to an aromatic ring is 1. The van der Waals surface area contributed by atoms with Crippen LogP contribution in [0.4, 0.5) is 5.88 Å². The van der Waals surface area contributed by atoms with E-state index < -0.39 is 0 Å². The lowest BCUT2D eigenvalue weighted by Crippen LogP contribution is -1.80. The topological polar surface area (TPSA) is 52.0 Å². The van der Waals surface area contributed by atoms with Crippen LogP contribution >= 0.6 is 11.8 Å². The summed E-state index contributed by atoms with van der Waals surface area (Å²) in [6, 6.07) is 0. The number of aromatic nitrogens is 1. The maximum atomic E-state index is 5.30. The van der Waals surface area contributed by atoms with Gasteiger partial charge in [-0.2, -0.15) is 0 Å². The van der Waals surface area contributed by atoms with E-state index in [1.807, 2.05) is 6.26 Å². The van der Waals surface area contributed by atoms with E-state index in [0.717, 1.165) is 4.90 Å². The molecule has 3 nitrogen and oxygen atoms in total. The predicted octanol–water partition coefficient (Wildman–Crippen LogP) is 0.979. The van der Waals surface area contributed by atoms with Gasteiger partial charge in [-0.3, -0.25) is 0 Å². The standard InChI is InChI=1S/C4H6N2OS/c1-8-3-2-6-7-4(3)5/h2H,5H2,1H3. The van der Waals surface area contributed by atoms with Crippen LogP contribution in [0.2, 0.25) is 0 Å². The van der Waals surface area contributed by atoms with Gasteiger partial charge < -0.3 is 10.3 Å². The molecule has 1 aromatic heterocycles. The third kappa shape index (κ3) is 0.790. The van der Waals surface area contributed by atoms with Crippen molar-refractivity contribution in [1.29, 1.82) is 0 Å². The molecule has 0 saturated carbocycles. The summed E-state index contributed by atoms with van der Waals surface area (Å²) >= 11 is 1.52. The smallest absolute Gasteiger partial charge is 0.235 e. The highest BCUT2D eigenvalue weighted by Crippen LogP contribution is 2.20. The minimum absolute atomic E-state index is 0.400. The van der Waals surface area contributed by atoms with Crippen LogP contribution in [0.15, 0.2) is 15.6 Å². The summed E-state index contributed by atoms with van der Waals surface area (Å²) < 4.78 is 4.56. The fourth-order valence-electron chi connectivity index (χ4n) is 0.393. The molecule has 0 radical (unpaired) electrons. The largest absolute Gasteiger partial charge is 0.367 e. The fraction of sp³-hybridized carbons (Fsp3) is 0.250. The molecule has 0 bridgehead atoms. The Balaban J connectivity index is 2.92. The molecule has 0 aliphatic heterocycles. The first-order valence-corrected chi connectivity index (χ1v) is 3.31. The van der Waals surface area contributed by atoms with Crippen LogP contribution in [0.3, 0.4) is 0 Å². The van der Waals surface area contributed by atoms with Crippen molar-refractivity contribution in [1.82, 2.24) is 5.16 Å². The molecule has 0 atom stereocenters. The molecule has 0 spiro atoms. The predicted molar refractivity (Wildman–Crippen MR) is 32.7 cm³/mol. The molecule has 0 unspecified atom stereocenters. The summed E-state index contributed by atoms with van der Waals surface area (Å²) in [6.07, 6.45) is 3.52. The molecule has 0 aliphatic rings. The molecule has 0 amide bonds. The van der Waals surface area contributed by atoms with Crippen molar-refractivity contribution < 1.29 is 4.52 Å². The number of thioether (sulfide) groups is 1. The molecule has 4 heteroatoms. The lowest BCUT2D eigenvalue weighted by atomic mass is 10.7. The average Bonchev–Trinajstić information content (AvgIpc) is 2.14. The van der Waals surface area contributed by atoms with Crippen LogP contribution in [0, 0.1) is 0 Å². The van der Waals surface area contributed by atoms with Gasteiger partial charge in [0.15, 0.2) is 0 Å².